The molecule has 0 fully saturated rings. The summed E-state index contributed by atoms with van der Waals surface area (Å²) in [4.78, 5) is 4.25. The highest BCUT2D eigenvalue weighted by molar-refractivity contribution is 14.0. The second-order valence-electron chi connectivity index (χ2n) is 4.83. The third-order valence-electron chi connectivity index (χ3n) is 2.83. The summed E-state index contributed by atoms with van der Waals surface area (Å²) >= 11 is 0. The van der Waals surface area contributed by atoms with Crippen molar-refractivity contribution in [1.29, 1.82) is 0 Å². The molecule has 0 amide bonds. The molecule has 0 radical (unpaired) electrons. The molecule has 0 aliphatic heterocycles. The molecule has 126 valence electrons. The van der Waals surface area contributed by atoms with Gasteiger partial charge in [-0.3, -0.25) is 0 Å². The van der Waals surface area contributed by atoms with Gasteiger partial charge in [0.2, 0.25) is 0 Å². The fraction of sp³-hybridized carbons (Fsp3) is 0.533. The summed E-state index contributed by atoms with van der Waals surface area (Å²) in [5, 5.41) is 3.02. The second-order valence-corrected chi connectivity index (χ2v) is 4.83. The predicted molar refractivity (Wildman–Crippen MR) is 97.5 cm³/mol. The van der Waals surface area contributed by atoms with E-state index in [1.807, 2.05) is 13.8 Å². The molecule has 2 atom stereocenters. The van der Waals surface area contributed by atoms with Crippen LogP contribution in [-0.4, -0.2) is 38.4 Å². The number of nitrogens with one attached hydrogen (secondary N) is 1. The Morgan fingerprint density at radius 1 is 1.45 bits per heavy atom. The zero-order chi connectivity index (χ0) is 15.7. The first kappa shape index (κ1) is 20.9. The largest absolute Gasteiger partial charge is 0.488 e. The monoisotopic (exact) mass is 425 g/mol. The highest BCUT2D eigenvalue weighted by atomic mass is 127. The van der Waals surface area contributed by atoms with Gasteiger partial charge in [-0.1, -0.05) is 13.0 Å². The lowest BCUT2D eigenvalue weighted by Crippen LogP contribution is -2.41. The van der Waals surface area contributed by atoms with E-state index in [4.69, 9.17) is 15.2 Å². The van der Waals surface area contributed by atoms with Crippen molar-refractivity contribution in [1.82, 2.24) is 5.32 Å². The Bertz CT molecular complexity index is 460. The lowest BCUT2D eigenvalue weighted by Gasteiger charge is -2.17. The average molecular weight is 425 g/mol. The first-order valence-electron chi connectivity index (χ1n) is 7.02. The van der Waals surface area contributed by atoms with Crippen molar-refractivity contribution >= 4 is 29.9 Å². The standard InChI is InChI=1S/C15H24FN3O2.HI/c1-4-13(21-14-7-5-6-12(16)8-14)9-18-15(17)19-11(2)10-20-3;/h5-8,11,13H,4,9-10H2,1-3H3,(H3,17,18,19);1H. The third-order valence-corrected chi connectivity index (χ3v) is 2.83. The predicted octanol–water partition coefficient (Wildman–Crippen LogP) is 2.54. The summed E-state index contributed by atoms with van der Waals surface area (Å²) in [6, 6.07) is 6.16. The van der Waals surface area contributed by atoms with Crippen LogP contribution < -0.4 is 15.8 Å². The van der Waals surface area contributed by atoms with Crippen molar-refractivity contribution in [2.24, 2.45) is 10.7 Å². The molecule has 1 aromatic carbocycles. The van der Waals surface area contributed by atoms with Crippen LogP contribution in [0.5, 0.6) is 5.75 Å². The van der Waals surface area contributed by atoms with Crippen LogP contribution in [0.2, 0.25) is 0 Å². The van der Waals surface area contributed by atoms with E-state index in [1.54, 1.807) is 19.2 Å². The summed E-state index contributed by atoms with van der Waals surface area (Å²) in [6.45, 7) is 4.89. The van der Waals surface area contributed by atoms with E-state index in [0.29, 0.717) is 24.9 Å². The van der Waals surface area contributed by atoms with Crippen LogP contribution >= 0.6 is 24.0 Å². The van der Waals surface area contributed by atoms with Gasteiger partial charge in [-0.05, 0) is 25.5 Å². The number of guanidine groups is 1. The van der Waals surface area contributed by atoms with Gasteiger partial charge in [0, 0.05) is 19.2 Å². The second kappa shape index (κ2) is 11.5. The summed E-state index contributed by atoms with van der Waals surface area (Å²) < 4.78 is 23.8. The van der Waals surface area contributed by atoms with Gasteiger partial charge in [-0.2, -0.15) is 0 Å². The summed E-state index contributed by atoms with van der Waals surface area (Å²) in [6.07, 6.45) is 0.603. The normalized spacial score (nSPS) is 13.9. The first-order chi connectivity index (χ1) is 10.0. The minimum absolute atomic E-state index is 0. The van der Waals surface area contributed by atoms with Crippen LogP contribution in [0.4, 0.5) is 4.39 Å². The third kappa shape index (κ3) is 8.38. The van der Waals surface area contributed by atoms with E-state index in [2.05, 4.69) is 10.3 Å². The number of ether oxygens (including phenoxy) is 2. The number of hydrogen-bond donors (Lipinski definition) is 2. The number of rotatable bonds is 8. The fourth-order valence-electron chi connectivity index (χ4n) is 1.77. The topological polar surface area (TPSA) is 68.9 Å². The van der Waals surface area contributed by atoms with Gasteiger partial charge in [0.15, 0.2) is 5.96 Å². The Labute approximate surface area is 148 Å². The van der Waals surface area contributed by atoms with E-state index in [1.165, 1.54) is 12.1 Å². The molecule has 7 heteroatoms. The van der Waals surface area contributed by atoms with Crippen LogP contribution in [0.15, 0.2) is 29.3 Å². The number of methoxy groups -OCH3 is 1. The van der Waals surface area contributed by atoms with E-state index in [0.717, 1.165) is 6.42 Å². The number of nitrogens with zero attached hydrogens (tertiary/aromatic N) is 1. The van der Waals surface area contributed by atoms with Crippen LogP contribution in [0.3, 0.4) is 0 Å². The van der Waals surface area contributed by atoms with Crippen molar-refractivity contribution < 1.29 is 13.9 Å². The summed E-state index contributed by atoms with van der Waals surface area (Å²) in [5.74, 6) is 0.526. The molecule has 2 unspecified atom stereocenters. The highest BCUT2D eigenvalue weighted by Crippen LogP contribution is 2.15. The van der Waals surface area contributed by atoms with E-state index in [-0.39, 0.29) is 41.9 Å². The van der Waals surface area contributed by atoms with E-state index < -0.39 is 0 Å². The van der Waals surface area contributed by atoms with Crippen LogP contribution in [0.25, 0.3) is 0 Å². The summed E-state index contributed by atoms with van der Waals surface area (Å²) in [5.41, 5.74) is 5.79. The van der Waals surface area contributed by atoms with E-state index in [9.17, 15) is 4.39 Å². The Morgan fingerprint density at radius 3 is 2.77 bits per heavy atom. The minimum atomic E-state index is -0.319. The van der Waals surface area contributed by atoms with Crippen molar-refractivity contribution in [3.05, 3.63) is 30.1 Å². The van der Waals surface area contributed by atoms with Crippen LogP contribution in [0, 0.1) is 5.82 Å². The van der Waals surface area contributed by atoms with E-state index >= 15 is 0 Å². The number of nitrogens with two attached hydrogens (primary N) is 1. The lowest BCUT2D eigenvalue weighted by atomic mass is 10.2. The Hall–Kier alpha value is -1.09. The maximum absolute atomic E-state index is 13.1. The molecule has 1 rings (SSSR count). The minimum Gasteiger partial charge on any atom is -0.488 e. The number of halogens is 2. The maximum atomic E-state index is 13.1. The van der Waals surface area contributed by atoms with Gasteiger partial charge >= 0.3 is 0 Å². The van der Waals surface area contributed by atoms with Gasteiger partial charge in [0.05, 0.1) is 13.2 Å². The van der Waals surface area contributed by atoms with Gasteiger partial charge in [-0.25, -0.2) is 9.38 Å². The van der Waals surface area contributed by atoms with Crippen molar-refractivity contribution in [2.45, 2.75) is 32.4 Å². The molecule has 22 heavy (non-hydrogen) atoms. The molecular weight excluding hydrogens is 400 g/mol. The Morgan fingerprint density at radius 2 is 2.18 bits per heavy atom. The molecule has 0 bridgehead atoms. The molecule has 0 aliphatic carbocycles. The van der Waals surface area contributed by atoms with Crippen LogP contribution in [-0.2, 0) is 4.74 Å². The van der Waals surface area contributed by atoms with Crippen molar-refractivity contribution in [3.8, 4) is 5.75 Å². The zero-order valence-electron chi connectivity index (χ0n) is 13.2. The zero-order valence-corrected chi connectivity index (χ0v) is 15.5. The number of aliphatic imine (C=N–C) groups is 1. The summed E-state index contributed by atoms with van der Waals surface area (Å²) in [7, 11) is 1.63. The maximum Gasteiger partial charge on any atom is 0.189 e. The number of benzene rings is 1. The molecule has 3 N–H and O–H groups in total. The SMILES string of the molecule is CCC(CN=C(N)NC(C)COC)Oc1cccc(F)c1.I. The molecule has 0 saturated carbocycles. The number of hydrogen-bond acceptors (Lipinski definition) is 3. The van der Waals surface area contributed by atoms with Gasteiger partial charge in [0.25, 0.3) is 0 Å². The van der Waals surface area contributed by atoms with Crippen molar-refractivity contribution in [2.75, 3.05) is 20.3 Å². The molecule has 0 aromatic heterocycles. The highest BCUT2D eigenvalue weighted by Gasteiger charge is 2.09. The Kier molecular flexibility index (Phi) is 10.9. The van der Waals surface area contributed by atoms with Gasteiger partial charge in [-0.15, -0.1) is 24.0 Å². The molecule has 0 heterocycles. The molecule has 1 aromatic rings. The van der Waals surface area contributed by atoms with Crippen LogP contribution in [0.1, 0.15) is 20.3 Å². The van der Waals surface area contributed by atoms with Gasteiger partial charge < -0.3 is 20.5 Å². The smallest absolute Gasteiger partial charge is 0.189 e. The molecule has 0 spiro atoms. The molecule has 0 aliphatic rings. The fourth-order valence-corrected chi connectivity index (χ4v) is 1.77. The quantitative estimate of drug-likeness (QED) is 0.382. The molecule has 0 saturated heterocycles. The molecular formula is C15H25FIN3O2. The Balaban J connectivity index is 0.00000441. The molecule has 5 nitrogen and oxygen atoms in total. The van der Waals surface area contributed by atoms with Gasteiger partial charge in [0.1, 0.15) is 17.7 Å². The average Bonchev–Trinajstić information content (AvgIpc) is 2.43. The van der Waals surface area contributed by atoms with Crippen molar-refractivity contribution in [3.63, 3.8) is 0 Å². The first-order valence-corrected chi connectivity index (χ1v) is 7.02. The lowest BCUT2D eigenvalue weighted by molar-refractivity contribution is 0.179.